The van der Waals surface area contributed by atoms with Gasteiger partial charge in [0.25, 0.3) is 0 Å². The molecule has 3 heteroatoms. The monoisotopic (exact) mass is 207 g/mol. The molecule has 0 aliphatic carbocycles. The van der Waals surface area contributed by atoms with Crippen molar-refractivity contribution in [3.63, 3.8) is 0 Å². The summed E-state index contributed by atoms with van der Waals surface area (Å²) in [6.45, 7) is 6.36. The third kappa shape index (κ3) is 2.07. The molecule has 0 spiro atoms. The molecule has 2 N–H and O–H groups in total. The van der Waals surface area contributed by atoms with Crippen molar-refractivity contribution in [1.29, 1.82) is 0 Å². The van der Waals surface area contributed by atoms with Crippen molar-refractivity contribution in [1.82, 2.24) is 9.55 Å². The SMILES string of the molecule is CC(C)Cc1nc(CCN)n2c1CCC2. The maximum absolute atomic E-state index is 5.61. The molecule has 0 atom stereocenters. The first-order chi connectivity index (χ1) is 7.22. The highest BCUT2D eigenvalue weighted by Gasteiger charge is 2.20. The number of imidazole rings is 1. The number of aromatic nitrogens is 2. The number of nitrogens with two attached hydrogens (primary N) is 1. The minimum atomic E-state index is 0.691. The zero-order valence-corrected chi connectivity index (χ0v) is 9.79. The van der Waals surface area contributed by atoms with Crippen LogP contribution in [0.25, 0.3) is 0 Å². The van der Waals surface area contributed by atoms with E-state index in [4.69, 9.17) is 10.7 Å². The van der Waals surface area contributed by atoms with Gasteiger partial charge < -0.3 is 10.3 Å². The minimum absolute atomic E-state index is 0.691. The lowest BCUT2D eigenvalue weighted by atomic mass is 10.1. The number of hydrogen-bond donors (Lipinski definition) is 1. The normalized spacial score (nSPS) is 14.9. The van der Waals surface area contributed by atoms with E-state index in [1.807, 2.05) is 0 Å². The quantitative estimate of drug-likeness (QED) is 0.813. The summed E-state index contributed by atoms with van der Waals surface area (Å²) in [5.41, 5.74) is 8.42. The Labute approximate surface area is 91.7 Å². The van der Waals surface area contributed by atoms with Gasteiger partial charge in [-0.15, -0.1) is 0 Å². The molecule has 0 aromatic carbocycles. The lowest BCUT2D eigenvalue weighted by Crippen LogP contribution is -2.08. The van der Waals surface area contributed by atoms with Gasteiger partial charge in [0, 0.05) is 18.7 Å². The summed E-state index contributed by atoms with van der Waals surface area (Å²) in [6.07, 6.45) is 4.52. The van der Waals surface area contributed by atoms with Crippen LogP contribution in [0.5, 0.6) is 0 Å². The molecule has 0 saturated heterocycles. The predicted octanol–water partition coefficient (Wildman–Crippen LogP) is 1.53. The Morgan fingerprint density at radius 3 is 2.93 bits per heavy atom. The Hall–Kier alpha value is -0.830. The van der Waals surface area contributed by atoms with Gasteiger partial charge in [0.1, 0.15) is 5.82 Å². The van der Waals surface area contributed by atoms with Crippen molar-refractivity contribution in [2.75, 3.05) is 6.54 Å². The Kier molecular flexibility index (Phi) is 3.10. The molecule has 3 nitrogen and oxygen atoms in total. The maximum Gasteiger partial charge on any atom is 0.110 e. The molecular weight excluding hydrogens is 186 g/mol. The van der Waals surface area contributed by atoms with Crippen LogP contribution in [0.2, 0.25) is 0 Å². The van der Waals surface area contributed by atoms with Crippen LogP contribution in [0.4, 0.5) is 0 Å². The lowest BCUT2D eigenvalue weighted by Gasteiger charge is -2.02. The van der Waals surface area contributed by atoms with E-state index in [1.165, 1.54) is 30.1 Å². The van der Waals surface area contributed by atoms with Crippen molar-refractivity contribution in [3.05, 3.63) is 17.2 Å². The van der Waals surface area contributed by atoms with Crippen molar-refractivity contribution >= 4 is 0 Å². The molecule has 0 amide bonds. The fraction of sp³-hybridized carbons (Fsp3) is 0.750. The van der Waals surface area contributed by atoms with Gasteiger partial charge in [0.05, 0.1) is 5.69 Å². The van der Waals surface area contributed by atoms with Crippen LogP contribution < -0.4 is 5.73 Å². The van der Waals surface area contributed by atoms with Crippen LogP contribution in [-0.2, 0) is 25.8 Å². The molecule has 84 valence electrons. The van der Waals surface area contributed by atoms with E-state index < -0.39 is 0 Å². The Balaban J connectivity index is 2.27. The largest absolute Gasteiger partial charge is 0.332 e. The average Bonchev–Trinajstić information content (AvgIpc) is 2.71. The lowest BCUT2D eigenvalue weighted by molar-refractivity contribution is 0.631. The fourth-order valence-corrected chi connectivity index (χ4v) is 2.41. The number of fused-ring (bicyclic) bond motifs is 1. The third-order valence-corrected chi connectivity index (χ3v) is 3.00. The van der Waals surface area contributed by atoms with Crippen LogP contribution >= 0.6 is 0 Å². The topological polar surface area (TPSA) is 43.8 Å². The molecular formula is C12H21N3. The molecule has 15 heavy (non-hydrogen) atoms. The highest BCUT2D eigenvalue weighted by Crippen LogP contribution is 2.23. The second-order valence-corrected chi connectivity index (χ2v) is 4.81. The summed E-state index contributed by atoms with van der Waals surface area (Å²) in [5, 5.41) is 0. The summed E-state index contributed by atoms with van der Waals surface area (Å²) in [5.74, 6) is 1.90. The molecule has 2 rings (SSSR count). The Bertz CT molecular complexity index is 339. The minimum Gasteiger partial charge on any atom is -0.332 e. The van der Waals surface area contributed by atoms with E-state index in [2.05, 4.69) is 18.4 Å². The van der Waals surface area contributed by atoms with E-state index in [9.17, 15) is 0 Å². The molecule has 0 bridgehead atoms. The standard InChI is InChI=1S/C12H21N3/c1-9(2)8-10-11-4-3-7-15(11)12(14-10)5-6-13/h9H,3-8,13H2,1-2H3. The van der Waals surface area contributed by atoms with Crippen LogP contribution in [-0.4, -0.2) is 16.1 Å². The molecule has 2 heterocycles. The molecule has 0 radical (unpaired) electrons. The number of nitrogens with zero attached hydrogens (tertiary/aromatic N) is 2. The fourth-order valence-electron chi connectivity index (χ4n) is 2.41. The zero-order valence-electron chi connectivity index (χ0n) is 9.79. The average molecular weight is 207 g/mol. The van der Waals surface area contributed by atoms with Crippen LogP contribution in [0, 0.1) is 5.92 Å². The van der Waals surface area contributed by atoms with Gasteiger partial charge in [-0.2, -0.15) is 0 Å². The van der Waals surface area contributed by atoms with Crippen LogP contribution in [0.1, 0.15) is 37.5 Å². The van der Waals surface area contributed by atoms with Gasteiger partial charge in [0.2, 0.25) is 0 Å². The molecule has 0 saturated carbocycles. The zero-order chi connectivity index (χ0) is 10.8. The summed E-state index contributed by atoms with van der Waals surface area (Å²) < 4.78 is 2.39. The summed E-state index contributed by atoms with van der Waals surface area (Å²) in [7, 11) is 0. The van der Waals surface area contributed by atoms with Gasteiger partial charge in [-0.25, -0.2) is 4.98 Å². The first-order valence-electron chi connectivity index (χ1n) is 5.99. The van der Waals surface area contributed by atoms with Crippen molar-refractivity contribution in [2.45, 2.75) is 46.1 Å². The van der Waals surface area contributed by atoms with Gasteiger partial charge in [0.15, 0.2) is 0 Å². The molecule has 1 aromatic heterocycles. The van der Waals surface area contributed by atoms with Crippen LogP contribution in [0.15, 0.2) is 0 Å². The van der Waals surface area contributed by atoms with Crippen molar-refractivity contribution < 1.29 is 0 Å². The Morgan fingerprint density at radius 1 is 1.47 bits per heavy atom. The first-order valence-corrected chi connectivity index (χ1v) is 5.99. The molecule has 1 aromatic rings. The highest BCUT2D eigenvalue weighted by molar-refractivity contribution is 5.21. The number of rotatable bonds is 4. The Morgan fingerprint density at radius 2 is 2.27 bits per heavy atom. The predicted molar refractivity (Wildman–Crippen MR) is 61.8 cm³/mol. The van der Waals surface area contributed by atoms with E-state index in [-0.39, 0.29) is 0 Å². The molecule has 0 unspecified atom stereocenters. The van der Waals surface area contributed by atoms with E-state index in [1.54, 1.807) is 0 Å². The maximum atomic E-state index is 5.61. The van der Waals surface area contributed by atoms with Crippen molar-refractivity contribution in [3.8, 4) is 0 Å². The highest BCUT2D eigenvalue weighted by atomic mass is 15.1. The summed E-state index contributed by atoms with van der Waals surface area (Å²) in [6, 6.07) is 0. The van der Waals surface area contributed by atoms with Gasteiger partial charge in [-0.1, -0.05) is 13.8 Å². The second-order valence-electron chi connectivity index (χ2n) is 4.81. The number of hydrogen-bond acceptors (Lipinski definition) is 2. The van der Waals surface area contributed by atoms with E-state index in [0.717, 1.165) is 19.4 Å². The molecule has 0 fully saturated rings. The second kappa shape index (κ2) is 4.35. The summed E-state index contributed by atoms with van der Waals surface area (Å²) in [4.78, 5) is 4.74. The smallest absolute Gasteiger partial charge is 0.110 e. The summed E-state index contributed by atoms with van der Waals surface area (Å²) >= 11 is 0. The van der Waals surface area contributed by atoms with Gasteiger partial charge in [-0.05, 0) is 31.7 Å². The third-order valence-electron chi connectivity index (χ3n) is 3.00. The molecule has 1 aliphatic heterocycles. The van der Waals surface area contributed by atoms with Gasteiger partial charge in [-0.3, -0.25) is 0 Å². The van der Waals surface area contributed by atoms with Crippen LogP contribution in [0.3, 0.4) is 0 Å². The first kappa shape index (κ1) is 10.7. The van der Waals surface area contributed by atoms with Crippen molar-refractivity contribution in [2.24, 2.45) is 11.7 Å². The van der Waals surface area contributed by atoms with Gasteiger partial charge >= 0.3 is 0 Å². The van der Waals surface area contributed by atoms with E-state index >= 15 is 0 Å². The van der Waals surface area contributed by atoms with E-state index in [0.29, 0.717) is 12.5 Å². The molecule has 1 aliphatic rings.